The molecule has 1 aromatic heterocycles. The summed E-state index contributed by atoms with van der Waals surface area (Å²) in [6.07, 6.45) is 1.31. The normalized spacial score (nSPS) is 11.1. The molecule has 0 bridgehead atoms. The molecule has 1 aromatic carbocycles. The highest BCUT2D eigenvalue weighted by atomic mass is 35.5. The Morgan fingerprint density at radius 3 is 2.48 bits per heavy atom. The zero-order chi connectivity index (χ0) is 15.6. The lowest BCUT2D eigenvalue weighted by Gasteiger charge is -2.02. The molecule has 110 valence electrons. The summed E-state index contributed by atoms with van der Waals surface area (Å²) in [5.74, 6) is -0.750. The summed E-state index contributed by atoms with van der Waals surface area (Å²) in [6, 6.07) is 4.70. The Balaban J connectivity index is 2.16. The van der Waals surface area contributed by atoms with E-state index in [2.05, 4.69) is 10.3 Å². The molecule has 21 heavy (non-hydrogen) atoms. The molecule has 0 aliphatic heterocycles. The van der Waals surface area contributed by atoms with Crippen LogP contribution in [0.15, 0.2) is 23.4 Å². The minimum Gasteiger partial charge on any atom is -0.313 e. The topological polar surface area (TPSA) is 56.5 Å². The fourth-order valence-corrected chi connectivity index (χ4v) is 2.43. The van der Waals surface area contributed by atoms with Crippen LogP contribution in [-0.2, 0) is 11.9 Å². The first-order valence-electron chi connectivity index (χ1n) is 5.79. The summed E-state index contributed by atoms with van der Waals surface area (Å²) in [7, 11) is 1.70. The quantitative estimate of drug-likeness (QED) is 0.481. The van der Waals surface area contributed by atoms with Gasteiger partial charge in [0, 0.05) is 7.05 Å². The summed E-state index contributed by atoms with van der Waals surface area (Å²) >= 11 is 17.8. The van der Waals surface area contributed by atoms with Gasteiger partial charge in [0.1, 0.15) is 5.15 Å². The van der Waals surface area contributed by atoms with E-state index in [1.807, 2.05) is 0 Å². The van der Waals surface area contributed by atoms with Gasteiger partial charge < -0.3 is 4.84 Å². The van der Waals surface area contributed by atoms with Gasteiger partial charge in [-0.2, -0.15) is 5.10 Å². The molecule has 8 heteroatoms. The summed E-state index contributed by atoms with van der Waals surface area (Å²) in [6.45, 7) is 1.76. The molecule has 0 saturated heterocycles. The largest absolute Gasteiger partial charge is 0.368 e. The lowest BCUT2D eigenvalue weighted by molar-refractivity contribution is 0.0519. The molecule has 0 saturated carbocycles. The number of oxime groups is 1. The van der Waals surface area contributed by atoms with Crippen molar-refractivity contribution in [2.75, 3.05) is 0 Å². The van der Waals surface area contributed by atoms with Gasteiger partial charge >= 0.3 is 5.97 Å². The van der Waals surface area contributed by atoms with Gasteiger partial charge in [-0.15, -0.1) is 0 Å². The van der Waals surface area contributed by atoms with E-state index in [0.29, 0.717) is 16.4 Å². The Hall–Kier alpha value is -1.56. The van der Waals surface area contributed by atoms with Gasteiger partial charge in [-0.3, -0.25) is 4.68 Å². The van der Waals surface area contributed by atoms with Crippen LogP contribution in [0.5, 0.6) is 0 Å². The second kappa shape index (κ2) is 6.47. The maximum absolute atomic E-state index is 11.9. The highest BCUT2D eigenvalue weighted by Crippen LogP contribution is 2.25. The standard InChI is InChI=1S/C13H10Cl3N3O2/c1-7-8(12(16)19(2)18-7)6-17-21-13(20)11-9(14)4-3-5-10(11)15/h3-6H,1-2H3. The van der Waals surface area contributed by atoms with Crippen LogP contribution in [0.2, 0.25) is 15.2 Å². The van der Waals surface area contributed by atoms with Crippen molar-refractivity contribution in [1.82, 2.24) is 9.78 Å². The van der Waals surface area contributed by atoms with Crippen molar-refractivity contribution >= 4 is 47.0 Å². The van der Waals surface area contributed by atoms with Crippen molar-refractivity contribution in [1.29, 1.82) is 0 Å². The van der Waals surface area contributed by atoms with Crippen molar-refractivity contribution < 1.29 is 9.63 Å². The maximum atomic E-state index is 11.9. The molecule has 2 rings (SSSR count). The molecule has 0 amide bonds. The first kappa shape index (κ1) is 15.8. The molecule has 0 fully saturated rings. The SMILES string of the molecule is Cc1nn(C)c(Cl)c1C=NOC(=O)c1c(Cl)cccc1Cl. The van der Waals surface area contributed by atoms with Crippen molar-refractivity contribution in [3.63, 3.8) is 0 Å². The van der Waals surface area contributed by atoms with Gasteiger partial charge in [0.05, 0.1) is 33.1 Å². The first-order chi connectivity index (χ1) is 9.91. The predicted molar refractivity (Wildman–Crippen MR) is 82.4 cm³/mol. The number of hydrogen-bond acceptors (Lipinski definition) is 4. The van der Waals surface area contributed by atoms with Crippen molar-refractivity contribution in [2.24, 2.45) is 12.2 Å². The molecule has 0 atom stereocenters. The van der Waals surface area contributed by atoms with Gasteiger partial charge in [0.15, 0.2) is 0 Å². The van der Waals surface area contributed by atoms with Gasteiger partial charge in [-0.05, 0) is 19.1 Å². The number of hydrogen-bond donors (Lipinski definition) is 0. The van der Waals surface area contributed by atoms with Crippen molar-refractivity contribution in [3.8, 4) is 0 Å². The monoisotopic (exact) mass is 345 g/mol. The van der Waals surface area contributed by atoms with E-state index in [9.17, 15) is 4.79 Å². The van der Waals surface area contributed by atoms with Crippen LogP contribution in [0.1, 0.15) is 21.6 Å². The highest BCUT2D eigenvalue weighted by molar-refractivity contribution is 6.39. The molecule has 2 aromatic rings. The van der Waals surface area contributed by atoms with Crippen LogP contribution in [0.3, 0.4) is 0 Å². The lowest BCUT2D eigenvalue weighted by Crippen LogP contribution is -2.03. The summed E-state index contributed by atoms with van der Waals surface area (Å²) in [4.78, 5) is 16.7. The molecule has 0 aliphatic rings. The zero-order valence-corrected chi connectivity index (χ0v) is 13.4. The van der Waals surface area contributed by atoms with E-state index in [4.69, 9.17) is 39.6 Å². The molecule has 0 spiro atoms. The Labute approximate surface area is 136 Å². The van der Waals surface area contributed by atoms with E-state index in [-0.39, 0.29) is 15.6 Å². The van der Waals surface area contributed by atoms with E-state index >= 15 is 0 Å². The third kappa shape index (κ3) is 3.37. The number of halogens is 3. The fraction of sp³-hybridized carbons (Fsp3) is 0.154. The summed E-state index contributed by atoms with van der Waals surface area (Å²) in [5.41, 5.74) is 1.29. The summed E-state index contributed by atoms with van der Waals surface area (Å²) < 4.78 is 1.49. The maximum Gasteiger partial charge on any atom is 0.368 e. The number of rotatable bonds is 3. The average molecular weight is 347 g/mol. The predicted octanol–water partition coefficient (Wildman–Crippen LogP) is 3.88. The first-order valence-corrected chi connectivity index (χ1v) is 6.93. The molecular formula is C13H10Cl3N3O2. The minimum absolute atomic E-state index is 0.0620. The molecule has 1 heterocycles. The van der Waals surface area contributed by atoms with Gasteiger partial charge in [0.25, 0.3) is 0 Å². The molecule has 5 nitrogen and oxygen atoms in total. The molecule has 0 N–H and O–H groups in total. The number of carbonyl (C=O) groups is 1. The van der Waals surface area contributed by atoms with Gasteiger partial charge in [-0.25, -0.2) is 4.79 Å². The Kier molecular flexibility index (Phi) is 4.88. The van der Waals surface area contributed by atoms with Crippen LogP contribution >= 0.6 is 34.8 Å². The average Bonchev–Trinajstić information content (AvgIpc) is 2.65. The Bertz CT molecular complexity index is 705. The summed E-state index contributed by atoms with van der Waals surface area (Å²) in [5, 5.41) is 8.49. The van der Waals surface area contributed by atoms with Crippen molar-refractivity contribution in [2.45, 2.75) is 6.92 Å². The number of carbonyl (C=O) groups excluding carboxylic acids is 1. The molecular weight excluding hydrogens is 337 g/mol. The zero-order valence-electron chi connectivity index (χ0n) is 11.1. The van der Waals surface area contributed by atoms with E-state index in [0.717, 1.165) is 0 Å². The second-order valence-electron chi connectivity index (χ2n) is 4.12. The van der Waals surface area contributed by atoms with Crippen LogP contribution < -0.4 is 0 Å². The third-order valence-electron chi connectivity index (χ3n) is 2.68. The number of aryl methyl sites for hydroxylation is 2. The minimum atomic E-state index is -0.750. The molecule has 0 radical (unpaired) electrons. The smallest absolute Gasteiger partial charge is 0.313 e. The van der Waals surface area contributed by atoms with E-state index < -0.39 is 5.97 Å². The van der Waals surface area contributed by atoms with Crippen LogP contribution in [0.4, 0.5) is 0 Å². The lowest BCUT2D eigenvalue weighted by atomic mass is 10.2. The second-order valence-corrected chi connectivity index (χ2v) is 5.30. The molecule has 0 unspecified atom stereocenters. The van der Waals surface area contributed by atoms with Gasteiger partial charge in [0.2, 0.25) is 0 Å². The van der Waals surface area contributed by atoms with Gasteiger partial charge in [-0.1, -0.05) is 46.0 Å². The third-order valence-corrected chi connectivity index (χ3v) is 3.76. The number of benzene rings is 1. The number of aromatic nitrogens is 2. The van der Waals surface area contributed by atoms with Crippen LogP contribution in [0, 0.1) is 6.92 Å². The van der Waals surface area contributed by atoms with Crippen LogP contribution in [-0.4, -0.2) is 22.0 Å². The Morgan fingerprint density at radius 1 is 1.33 bits per heavy atom. The highest BCUT2D eigenvalue weighted by Gasteiger charge is 2.16. The van der Waals surface area contributed by atoms with Crippen LogP contribution in [0.25, 0.3) is 0 Å². The van der Waals surface area contributed by atoms with E-state index in [1.165, 1.54) is 23.0 Å². The van der Waals surface area contributed by atoms with Crippen molar-refractivity contribution in [3.05, 3.63) is 50.2 Å². The van der Waals surface area contributed by atoms with E-state index in [1.54, 1.807) is 20.0 Å². The Morgan fingerprint density at radius 2 is 1.95 bits per heavy atom. The number of nitrogens with zero attached hydrogens (tertiary/aromatic N) is 3. The fourth-order valence-electron chi connectivity index (χ4n) is 1.66. The molecule has 0 aliphatic carbocycles.